The van der Waals surface area contributed by atoms with Crippen molar-refractivity contribution < 1.29 is 14.3 Å². The van der Waals surface area contributed by atoms with Crippen molar-refractivity contribution >= 4 is 40.9 Å². The molecule has 2 aromatic rings. The number of methoxy groups -OCH3 is 2. The molecule has 1 heterocycles. The highest BCUT2D eigenvalue weighted by Crippen LogP contribution is 2.43. The molecule has 1 unspecified atom stereocenters. The Morgan fingerprint density at radius 2 is 1.92 bits per heavy atom. The van der Waals surface area contributed by atoms with Gasteiger partial charge < -0.3 is 14.4 Å². The van der Waals surface area contributed by atoms with Gasteiger partial charge in [-0.15, -0.1) is 11.8 Å². The summed E-state index contributed by atoms with van der Waals surface area (Å²) < 4.78 is 10.7. The maximum Gasteiger partial charge on any atom is 0.255 e. The molecule has 25 heavy (non-hydrogen) atoms. The van der Waals surface area contributed by atoms with Crippen LogP contribution in [0, 0.1) is 0 Å². The number of ether oxygens (including phenoxy) is 2. The van der Waals surface area contributed by atoms with Crippen LogP contribution in [0.4, 0.5) is 0 Å². The minimum absolute atomic E-state index is 0.0774. The van der Waals surface area contributed by atoms with Crippen LogP contribution in [0.2, 0.25) is 10.0 Å². The quantitative estimate of drug-likeness (QED) is 0.735. The molecule has 132 valence electrons. The number of thioether (sulfide) groups is 1. The van der Waals surface area contributed by atoms with Crippen LogP contribution in [-0.2, 0) is 0 Å². The van der Waals surface area contributed by atoms with Gasteiger partial charge in [-0.05, 0) is 30.3 Å². The zero-order valence-corrected chi connectivity index (χ0v) is 16.1. The Kier molecular flexibility index (Phi) is 5.67. The van der Waals surface area contributed by atoms with Gasteiger partial charge in [-0.1, -0.05) is 23.2 Å². The van der Waals surface area contributed by atoms with E-state index >= 15 is 0 Å². The van der Waals surface area contributed by atoms with Crippen molar-refractivity contribution in [2.45, 2.75) is 5.37 Å². The van der Waals surface area contributed by atoms with E-state index in [0.29, 0.717) is 33.7 Å². The lowest BCUT2D eigenvalue weighted by Crippen LogP contribution is -2.30. The molecule has 0 spiro atoms. The second-order valence-corrected chi connectivity index (χ2v) is 7.46. The summed E-state index contributed by atoms with van der Waals surface area (Å²) in [5.41, 5.74) is 1.47. The van der Waals surface area contributed by atoms with Crippen LogP contribution in [0.5, 0.6) is 11.5 Å². The second-order valence-electron chi connectivity index (χ2n) is 5.46. The highest BCUT2D eigenvalue weighted by Gasteiger charge is 2.33. The van der Waals surface area contributed by atoms with Crippen molar-refractivity contribution in [2.75, 3.05) is 26.5 Å². The summed E-state index contributed by atoms with van der Waals surface area (Å²) in [5.74, 6) is 2.19. The summed E-state index contributed by atoms with van der Waals surface area (Å²) in [6, 6.07) is 10.6. The average molecular weight is 398 g/mol. The zero-order chi connectivity index (χ0) is 18.0. The summed E-state index contributed by atoms with van der Waals surface area (Å²) in [5, 5.41) is 0.683. The zero-order valence-electron chi connectivity index (χ0n) is 13.8. The number of benzene rings is 2. The van der Waals surface area contributed by atoms with Crippen molar-refractivity contribution in [3.8, 4) is 11.5 Å². The lowest BCUT2D eigenvalue weighted by molar-refractivity contribution is 0.0759. The lowest BCUT2D eigenvalue weighted by atomic mass is 10.1. The van der Waals surface area contributed by atoms with Crippen LogP contribution in [0.25, 0.3) is 0 Å². The first kappa shape index (κ1) is 18.2. The summed E-state index contributed by atoms with van der Waals surface area (Å²) in [4.78, 5) is 14.8. The number of rotatable bonds is 4. The Balaban J connectivity index is 1.92. The summed E-state index contributed by atoms with van der Waals surface area (Å²) in [7, 11) is 3.22. The predicted octanol–water partition coefficient (Wildman–Crippen LogP) is 4.90. The van der Waals surface area contributed by atoms with E-state index in [-0.39, 0.29) is 11.3 Å². The monoisotopic (exact) mass is 397 g/mol. The summed E-state index contributed by atoms with van der Waals surface area (Å²) in [6.45, 7) is 0.656. The van der Waals surface area contributed by atoms with E-state index < -0.39 is 0 Å². The van der Waals surface area contributed by atoms with Crippen molar-refractivity contribution in [2.24, 2.45) is 0 Å². The molecule has 3 rings (SSSR count). The minimum Gasteiger partial charge on any atom is -0.497 e. The van der Waals surface area contributed by atoms with Gasteiger partial charge in [0.1, 0.15) is 16.9 Å². The van der Waals surface area contributed by atoms with E-state index in [1.54, 1.807) is 44.2 Å². The first-order chi connectivity index (χ1) is 12.0. The van der Waals surface area contributed by atoms with E-state index in [1.807, 2.05) is 23.1 Å². The van der Waals surface area contributed by atoms with Crippen LogP contribution >= 0.6 is 35.0 Å². The molecule has 7 heteroatoms. The number of hydrogen-bond acceptors (Lipinski definition) is 4. The van der Waals surface area contributed by atoms with Crippen LogP contribution in [-0.4, -0.2) is 37.3 Å². The van der Waals surface area contributed by atoms with Gasteiger partial charge in [0.2, 0.25) is 0 Å². The van der Waals surface area contributed by atoms with Crippen molar-refractivity contribution in [3.05, 3.63) is 57.6 Å². The van der Waals surface area contributed by atoms with Gasteiger partial charge in [0.15, 0.2) is 0 Å². The van der Waals surface area contributed by atoms with Crippen molar-refractivity contribution in [3.63, 3.8) is 0 Å². The molecule has 1 fully saturated rings. The summed E-state index contributed by atoms with van der Waals surface area (Å²) >= 11 is 13.7. The molecular formula is C18H17Cl2NO3S. The highest BCUT2D eigenvalue weighted by molar-refractivity contribution is 7.99. The maximum absolute atomic E-state index is 13.0. The average Bonchev–Trinajstić information content (AvgIpc) is 3.12. The molecule has 0 N–H and O–H groups in total. The fourth-order valence-electron chi connectivity index (χ4n) is 2.75. The van der Waals surface area contributed by atoms with E-state index in [0.717, 1.165) is 11.3 Å². The lowest BCUT2D eigenvalue weighted by Gasteiger charge is -2.26. The highest BCUT2D eigenvalue weighted by atomic mass is 35.5. The van der Waals surface area contributed by atoms with E-state index in [4.69, 9.17) is 32.7 Å². The molecule has 4 nitrogen and oxygen atoms in total. The molecule has 0 aromatic heterocycles. The molecule has 1 saturated heterocycles. The molecule has 0 saturated carbocycles. The number of amides is 1. The number of halogens is 2. The fourth-order valence-corrected chi connectivity index (χ4v) is 4.33. The van der Waals surface area contributed by atoms with Crippen LogP contribution in [0.15, 0.2) is 36.4 Å². The molecule has 1 atom stereocenters. The second kappa shape index (κ2) is 7.77. The van der Waals surface area contributed by atoms with Crippen LogP contribution in [0.3, 0.4) is 0 Å². The number of hydrogen-bond donors (Lipinski definition) is 0. The molecule has 1 aliphatic heterocycles. The van der Waals surface area contributed by atoms with E-state index in [1.165, 1.54) is 0 Å². The van der Waals surface area contributed by atoms with Crippen LogP contribution in [0.1, 0.15) is 21.3 Å². The van der Waals surface area contributed by atoms with Crippen molar-refractivity contribution in [1.82, 2.24) is 4.90 Å². The van der Waals surface area contributed by atoms with Crippen molar-refractivity contribution in [1.29, 1.82) is 0 Å². The molecule has 0 aliphatic carbocycles. The minimum atomic E-state index is -0.122. The largest absolute Gasteiger partial charge is 0.497 e. The topological polar surface area (TPSA) is 38.8 Å². The predicted molar refractivity (Wildman–Crippen MR) is 102 cm³/mol. The third-order valence-electron chi connectivity index (χ3n) is 4.03. The molecule has 0 bridgehead atoms. The Hall–Kier alpha value is -1.56. The molecular weight excluding hydrogens is 381 g/mol. The fraction of sp³-hybridized carbons (Fsp3) is 0.278. The first-order valence-electron chi connectivity index (χ1n) is 7.64. The van der Waals surface area contributed by atoms with Gasteiger partial charge in [0, 0.05) is 29.5 Å². The van der Waals surface area contributed by atoms with E-state index in [2.05, 4.69) is 0 Å². The van der Waals surface area contributed by atoms with E-state index in [9.17, 15) is 4.79 Å². The number of nitrogens with zero attached hydrogens (tertiary/aromatic N) is 1. The van der Waals surface area contributed by atoms with Gasteiger partial charge in [-0.3, -0.25) is 4.79 Å². The third kappa shape index (κ3) is 3.68. The molecule has 2 aromatic carbocycles. The standard InChI is InChI=1S/C18H17Cl2NO3S/c1-23-12-4-5-13(16(10-12)24-2)18-21(7-8-25-18)17(22)11-3-6-14(19)15(20)9-11/h3-6,9-10,18H,7-8H2,1-2H3. The van der Waals surface area contributed by atoms with Crippen LogP contribution < -0.4 is 9.47 Å². The first-order valence-corrected chi connectivity index (χ1v) is 9.45. The SMILES string of the molecule is COc1ccc(C2SCCN2C(=O)c2ccc(Cl)c(Cl)c2)c(OC)c1. The Morgan fingerprint density at radius 3 is 2.60 bits per heavy atom. The molecule has 0 radical (unpaired) electrons. The smallest absolute Gasteiger partial charge is 0.255 e. The number of carbonyl (C=O) groups excluding carboxylic acids is 1. The van der Waals surface area contributed by atoms with Gasteiger partial charge >= 0.3 is 0 Å². The van der Waals surface area contributed by atoms with Gasteiger partial charge in [-0.2, -0.15) is 0 Å². The molecule has 1 amide bonds. The van der Waals surface area contributed by atoms with Gasteiger partial charge in [0.25, 0.3) is 5.91 Å². The van der Waals surface area contributed by atoms with Gasteiger partial charge in [0.05, 0.1) is 24.3 Å². The maximum atomic E-state index is 13.0. The third-order valence-corrected chi connectivity index (χ3v) is 6.01. The normalized spacial score (nSPS) is 16.8. The Labute approximate surface area is 161 Å². The Bertz CT molecular complexity index is 800. The Morgan fingerprint density at radius 1 is 1.12 bits per heavy atom. The van der Waals surface area contributed by atoms with Gasteiger partial charge in [-0.25, -0.2) is 0 Å². The molecule has 1 aliphatic rings. The number of carbonyl (C=O) groups is 1. The summed E-state index contributed by atoms with van der Waals surface area (Å²) in [6.07, 6.45) is 0.